The van der Waals surface area contributed by atoms with Crippen LogP contribution in [0.3, 0.4) is 0 Å². The van der Waals surface area contributed by atoms with Gasteiger partial charge in [0.1, 0.15) is 5.76 Å². The van der Waals surface area contributed by atoms with Crippen LogP contribution in [0.25, 0.3) is 0 Å². The molecule has 14 heavy (non-hydrogen) atoms. The maximum atomic E-state index is 5.40. The number of nitrogens with one attached hydrogen (secondary N) is 1. The van der Waals surface area contributed by atoms with Gasteiger partial charge >= 0.3 is 0 Å². The van der Waals surface area contributed by atoms with Crippen LogP contribution in [0.2, 0.25) is 0 Å². The van der Waals surface area contributed by atoms with E-state index in [4.69, 9.17) is 4.42 Å². The van der Waals surface area contributed by atoms with Gasteiger partial charge in [-0.2, -0.15) is 0 Å². The maximum Gasteiger partial charge on any atom is 0.134 e. The molecule has 0 aliphatic carbocycles. The Bertz CT molecular complexity index is 283. The molecule has 0 radical (unpaired) electrons. The van der Waals surface area contributed by atoms with Gasteiger partial charge in [0.05, 0.1) is 16.8 Å². The van der Waals surface area contributed by atoms with E-state index in [2.05, 4.69) is 48.9 Å². The molecule has 3 heteroatoms. The molecular formula is C11H18BrNO. The van der Waals surface area contributed by atoms with Crippen molar-refractivity contribution in [1.82, 2.24) is 5.32 Å². The normalized spacial score (nSPS) is 15.9. The fraction of sp³-hybridized carbons (Fsp3) is 0.636. The van der Waals surface area contributed by atoms with Gasteiger partial charge in [-0.25, -0.2) is 0 Å². The molecule has 0 amide bonds. The van der Waals surface area contributed by atoms with Gasteiger partial charge in [-0.05, 0) is 41.8 Å². The second-order valence-electron chi connectivity index (χ2n) is 4.05. The highest BCUT2D eigenvalue weighted by Crippen LogP contribution is 2.24. The molecule has 2 nitrogen and oxygen atoms in total. The zero-order valence-corrected chi connectivity index (χ0v) is 10.8. The van der Waals surface area contributed by atoms with Crippen molar-refractivity contribution in [2.24, 2.45) is 5.92 Å². The zero-order valence-electron chi connectivity index (χ0n) is 9.17. The highest BCUT2D eigenvalue weighted by atomic mass is 79.9. The van der Waals surface area contributed by atoms with E-state index in [9.17, 15) is 0 Å². The van der Waals surface area contributed by atoms with Crippen LogP contribution < -0.4 is 5.32 Å². The summed E-state index contributed by atoms with van der Waals surface area (Å²) in [5, 5.41) is 3.50. The van der Waals surface area contributed by atoms with Gasteiger partial charge in [-0.15, -0.1) is 0 Å². The van der Waals surface area contributed by atoms with Gasteiger partial charge in [0.2, 0.25) is 0 Å². The lowest BCUT2D eigenvalue weighted by Gasteiger charge is -2.21. The van der Waals surface area contributed by atoms with Gasteiger partial charge in [0, 0.05) is 6.04 Å². The molecule has 0 saturated heterocycles. The summed E-state index contributed by atoms with van der Waals surface area (Å²) in [5.41, 5.74) is 0. The number of hydrogen-bond donors (Lipinski definition) is 1. The summed E-state index contributed by atoms with van der Waals surface area (Å²) >= 11 is 3.46. The fourth-order valence-electron chi connectivity index (χ4n) is 1.28. The smallest absolute Gasteiger partial charge is 0.134 e. The third-order valence-corrected chi connectivity index (χ3v) is 3.21. The van der Waals surface area contributed by atoms with Crippen LogP contribution in [0.5, 0.6) is 0 Å². The van der Waals surface area contributed by atoms with E-state index in [1.807, 2.05) is 6.07 Å². The first-order valence-corrected chi connectivity index (χ1v) is 5.80. The summed E-state index contributed by atoms with van der Waals surface area (Å²) in [6.45, 7) is 8.73. The summed E-state index contributed by atoms with van der Waals surface area (Å²) in [6.07, 6.45) is 1.71. The lowest BCUT2D eigenvalue weighted by molar-refractivity contribution is 0.350. The minimum Gasteiger partial charge on any atom is -0.466 e. The Morgan fingerprint density at radius 1 is 1.29 bits per heavy atom. The van der Waals surface area contributed by atoms with Gasteiger partial charge in [-0.1, -0.05) is 13.8 Å². The monoisotopic (exact) mass is 259 g/mol. The predicted octanol–water partition coefficient (Wildman–Crippen LogP) is 3.74. The molecule has 0 aromatic carbocycles. The van der Waals surface area contributed by atoms with Crippen molar-refractivity contribution in [3.8, 4) is 0 Å². The van der Waals surface area contributed by atoms with Crippen molar-refractivity contribution >= 4 is 15.9 Å². The number of hydrogen-bond acceptors (Lipinski definition) is 2. The van der Waals surface area contributed by atoms with Crippen LogP contribution in [0.1, 0.15) is 39.5 Å². The van der Waals surface area contributed by atoms with Crippen molar-refractivity contribution < 1.29 is 4.42 Å². The molecule has 2 atom stereocenters. The molecule has 0 spiro atoms. The standard InChI is InChI=1S/C11H18BrNO/c1-7(2)8(3)13-9(4)11-10(12)5-6-14-11/h5-9,13H,1-4H3. The number of halogens is 1. The third-order valence-electron chi connectivity index (χ3n) is 2.55. The topological polar surface area (TPSA) is 25.2 Å². The Hall–Kier alpha value is -0.280. The van der Waals surface area contributed by atoms with Crippen molar-refractivity contribution in [3.63, 3.8) is 0 Å². The summed E-state index contributed by atoms with van der Waals surface area (Å²) in [6, 6.07) is 2.66. The van der Waals surface area contributed by atoms with Crippen LogP contribution in [0, 0.1) is 5.92 Å². The molecule has 1 heterocycles. The van der Waals surface area contributed by atoms with Gasteiger partial charge < -0.3 is 9.73 Å². The molecule has 0 aliphatic rings. The summed E-state index contributed by atoms with van der Waals surface area (Å²) in [4.78, 5) is 0. The molecule has 1 aromatic heterocycles. The molecule has 1 rings (SSSR count). The fourth-order valence-corrected chi connectivity index (χ4v) is 1.82. The minimum absolute atomic E-state index is 0.247. The maximum absolute atomic E-state index is 5.40. The molecular weight excluding hydrogens is 242 g/mol. The molecule has 0 aliphatic heterocycles. The average Bonchev–Trinajstić information content (AvgIpc) is 2.51. The van der Waals surface area contributed by atoms with E-state index in [0.717, 1.165) is 10.2 Å². The van der Waals surface area contributed by atoms with Crippen molar-refractivity contribution in [2.75, 3.05) is 0 Å². The van der Waals surface area contributed by atoms with Crippen LogP contribution in [-0.4, -0.2) is 6.04 Å². The molecule has 0 saturated carbocycles. The SMILES string of the molecule is CC(NC(C)C(C)C)c1occc1Br. The molecule has 2 unspecified atom stereocenters. The van der Waals surface area contributed by atoms with Crippen LogP contribution in [0.15, 0.2) is 21.2 Å². The summed E-state index contributed by atoms with van der Waals surface area (Å²) in [7, 11) is 0. The molecule has 1 aromatic rings. The number of rotatable bonds is 4. The number of furan rings is 1. The lowest BCUT2D eigenvalue weighted by Crippen LogP contribution is -2.32. The quantitative estimate of drug-likeness (QED) is 0.892. The predicted molar refractivity (Wildman–Crippen MR) is 62.3 cm³/mol. The molecule has 1 N–H and O–H groups in total. The highest BCUT2D eigenvalue weighted by Gasteiger charge is 2.16. The Balaban J connectivity index is 2.59. The third kappa shape index (κ3) is 2.85. The zero-order chi connectivity index (χ0) is 10.7. The van der Waals surface area contributed by atoms with E-state index >= 15 is 0 Å². The van der Waals surface area contributed by atoms with Gasteiger partial charge in [0.25, 0.3) is 0 Å². The van der Waals surface area contributed by atoms with E-state index in [1.165, 1.54) is 0 Å². The average molecular weight is 260 g/mol. The lowest BCUT2D eigenvalue weighted by atomic mass is 10.1. The Morgan fingerprint density at radius 3 is 2.36 bits per heavy atom. The van der Waals surface area contributed by atoms with Crippen molar-refractivity contribution in [1.29, 1.82) is 0 Å². The van der Waals surface area contributed by atoms with E-state index in [0.29, 0.717) is 12.0 Å². The summed E-state index contributed by atoms with van der Waals surface area (Å²) < 4.78 is 6.43. The Morgan fingerprint density at radius 2 is 1.93 bits per heavy atom. The Kier molecular flexibility index (Phi) is 4.20. The molecule has 80 valence electrons. The van der Waals surface area contributed by atoms with Crippen LogP contribution in [-0.2, 0) is 0 Å². The van der Waals surface area contributed by atoms with Crippen molar-refractivity contribution in [2.45, 2.75) is 39.8 Å². The molecule has 0 bridgehead atoms. The van der Waals surface area contributed by atoms with E-state index < -0.39 is 0 Å². The van der Waals surface area contributed by atoms with Crippen LogP contribution in [0.4, 0.5) is 0 Å². The Labute approximate surface area is 94.2 Å². The van der Waals surface area contributed by atoms with Crippen LogP contribution >= 0.6 is 15.9 Å². The van der Waals surface area contributed by atoms with E-state index in [-0.39, 0.29) is 6.04 Å². The van der Waals surface area contributed by atoms with E-state index in [1.54, 1.807) is 6.26 Å². The largest absolute Gasteiger partial charge is 0.466 e. The first-order chi connectivity index (χ1) is 6.52. The van der Waals surface area contributed by atoms with Gasteiger partial charge in [-0.3, -0.25) is 0 Å². The van der Waals surface area contributed by atoms with Crippen molar-refractivity contribution in [3.05, 3.63) is 22.6 Å². The minimum atomic E-state index is 0.247. The second kappa shape index (κ2) is 4.99. The summed E-state index contributed by atoms with van der Waals surface area (Å²) in [5.74, 6) is 1.60. The highest BCUT2D eigenvalue weighted by molar-refractivity contribution is 9.10. The van der Waals surface area contributed by atoms with Gasteiger partial charge in [0.15, 0.2) is 0 Å². The molecule has 0 fully saturated rings. The first-order valence-electron chi connectivity index (χ1n) is 5.01. The first kappa shape index (κ1) is 11.8. The second-order valence-corrected chi connectivity index (χ2v) is 4.91.